The highest BCUT2D eigenvalue weighted by Gasteiger charge is 2.02. The number of ether oxygens (including phenoxy) is 1. The first kappa shape index (κ1) is 10.6. The van der Waals surface area contributed by atoms with Crippen LogP contribution in [0.3, 0.4) is 0 Å². The van der Waals surface area contributed by atoms with Crippen molar-refractivity contribution in [2.75, 3.05) is 24.7 Å². The van der Waals surface area contributed by atoms with Gasteiger partial charge < -0.3 is 15.8 Å². The van der Waals surface area contributed by atoms with Crippen LogP contribution in [-0.4, -0.2) is 18.6 Å². The maximum Gasteiger partial charge on any atom is 0.215 e. The van der Waals surface area contributed by atoms with E-state index >= 15 is 0 Å². The van der Waals surface area contributed by atoms with Gasteiger partial charge in [-0.2, -0.15) is 0 Å². The van der Waals surface area contributed by atoms with Crippen LogP contribution in [0.2, 0.25) is 0 Å². The summed E-state index contributed by atoms with van der Waals surface area (Å²) in [5.41, 5.74) is 7.27. The van der Waals surface area contributed by atoms with Crippen molar-refractivity contribution in [2.24, 2.45) is 5.92 Å². The second-order valence-corrected chi connectivity index (χ2v) is 3.59. The Kier molecular flexibility index (Phi) is 3.56. The van der Waals surface area contributed by atoms with E-state index in [1.54, 1.807) is 19.4 Å². The van der Waals surface area contributed by atoms with Crippen LogP contribution >= 0.6 is 0 Å². The number of nitrogens with zero attached hydrogens (tertiary/aromatic N) is 1. The van der Waals surface area contributed by atoms with Crippen molar-refractivity contribution >= 4 is 11.4 Å². The first-order chi connectivity index (χ1) is 6.63. The van der Waals surface area contributed by atoms with Crippen LogP contribution in [0, 0.1) is 5.92 Å². The highest BCUT2D eigenvalue weighted by Crippen LogP contribution is 2.21. The lowest BCUT2D eigenvalue weighted by Crippen LogP contribution is -2.09. The van der Waals surface area contributed by atoms with Gasteiger partial charge in [0, 0.05) is 12.6 Å². The van der Waals surface area contributed by atoms with Crippen LogP contribution in [0.15, 0.2) is 12.3 Å². The molecule has 0 saturated heterocycles. The first-order valence-corrected chi connectivity index (χ1v) is 4.67. The molecular formula is C10H17N3O. The predicted molar refractivity (Wildman–Crippen MR) is 58.5 cm³/mol. The summed E-state index contributed by atoms with van der Waals surface area (Å²) in [6.45, 7) is 5.17. The van der Waals surface area contributed by atoms with E-state index in [1.165, 1.54) is 0 Å². The van der Waals surface area contributed by atoms with Gasteiger partial charge in [-0.3, -0.25) is 0 Å². The number of hydrogen-bond donors (Lipinski definition) is 2. The van der Waals surface area contributed by atoms with Gasteiger partial charge >= 0.3 is 0 Å². The lowest BCUT2D eigenvalue weighted by atomic mass is 10.2. The number of nitrogen functional groups attached to an aromatic ring is 1. The third-order valence-corrected chi connectivity index (χ3v) is 1.82. The predicted octanol–water partition coefficient (Wildman–Crippen LogP) is 1.74. The van der Waals surface area contributed by atoms with E-state index in [0.717, 1.165) is 12.2 Å². The van der Waals surface area contributed by atoms with Crippen molar-refractivity contribution < 1.29 is 4.74 Å². The van der Waals surface area contributed by atoms with Crippen LogP contribution in [0.5, 0.6) is 5.88 Å². The molecule has 0 spiro atoms. The van der Waals surface area contributed by atoms with Crippen LogP contribution in [0.4, 0.5) is 11.4 Å². The lowest BCUT2D eigenvalue weighted by Gasteiger charge is -2.11. The van der Waals surface area contributed by atoms with Crippen LogP contribution < -0.4 is 15.8 Å². The molecule has 1 heterocycles. The third-order valence-electron chi connectivity index (χ3n) is 1.82. The Hall–Kier alpha value is -1.45. The van der Waals surface area contributed by atoms with Crippen molar-refractivity contribution in [1.82, 2.24) is 4.98 Å². The molecule has 1 rings (SSSR count). The number of nitrogens with two attached hydrogens (primary N) is 1. The van der Waals surface area contributed by atoms with Gasteiger partial charge in [0.05, 0.1) is 24.7 Å². The zero-order valence-electron chi connectivity index (χ0n) is 8.87. The topological polar surface area (TPSA) is 60.2 Å². The monoisotopic (exact) mass is 195 g/mol. The maximum absolute atomic E-state index is 5.75. The molecule has 0 aliphatic carbocycles. The minimum absolute atomic E-state index is 0.574. The molecule has 1 aromatic heterocycles. The summed E-state index contributed by atoms with van der Waals surface area (Å²) in [6, 6.07) is 1.80. The second-order valence-electron chi connectivity index (χ2n) is 3.59. The van der Waals surface area contributed by atoms with E-state index in [-0.39, 0.29) is 0 Å². The van der Waals surface area contributed by atoms with Crippen LogP contribution in [-0.2, 0) is 0 Å². The van der Waals surface area contributed by atoms with E-state index in [1.807, 2.05) is 0 Å². The molecule has 0 fully saturated rings. The number of pyridine rings is 1. The molecule has 0 bridgehead atoms. The van der Waals surface area contributed by atoms with Gasteiger partial charge in [0.25, 0.3) is 0 Å². The van der Waals surface area contributed by atoms with E-state index in [0.29, 0.717) is 17.5 Å². The Labute approximate surface area is 84.5 Å². The molecule has 0 aliphatic heterocycles. The summed E-state index contributed by atoms with van der Waals surface area (Å²) < 4.78 is 5.01. The van der Waals surface area contributed by atoms with Crippen molar-refractivity contribution in [3.63, 3.8) is 0 Å². The summed E-state index contributed by atoms with van der Waals surface area (Å²) in [6.07, 6.45) is 1.60. The van der Waals surface area contributed by atoms with E-state index in [2.05, 4.69) is 24.1 Å². The lowest BCUT2D eigenvalue weighted by molar-refractivity contribution is 0.398. The van der Waals surface area contributed by atoms with Gasteiger partial charge in [-0.25, -0.2) is 4.98 Å². The van der Waals surface area contributed by atoms with Gasteiger partial charge in [0.2, 0.25) is 5.88 Å². The first-order valence-electron chi connectivity index (χ1n) is 4.67. The molecule has 0 aromatic carbocycles. The fourth-order valence-electron chi connectivity index (χ4n) is 1.03. The third kappa shape index (κ3) is 2.80. The average molecular weight is 195 g/mol. The van der Waals surface area contributed by atoms with E-state index in [9.17, 15) is 0 Å². The van der Waals surface area contributed by atoms with Crippen LogP contribution in [0.1, 0.15) is 13.8 Å². The summed E-state index contributed by atoms with van der Waals surface area (Å²) >= 11 is 0. The largest absolute Gasteiger partial charge is 0.481 e. The van der Waals surface area contributed by atoms with Crippen molar-refractivity contribution in [1.29, 1.82) is 0 Å². The Morgan fingerprint density at radius 1 is 1.57 bits per heavy atom. The molecule has 0 unspecified atom stereocenters. The zero-order valence-corrected chi connectivity index (χ0v) is 8.87. The summed E-state index contributed by atoms with van der Waals surface area (Å²) in [5, 5.41) is 3.24. The number of methoxy groups -OCH3 is 1. The number of hydrogen-bond acceptors (Lipinski definition) is 4. The number of nitrogens with one attached hydrogen (secondary N) is 1. The summed E-state index contributed by atoms with van der Waals surface area (Å²) in [4.78, 5) is 4.00. The average Bonchev–Trinajstić information content (AvgIpc) is 2.16. The molecule has 4 nitrogen and oxygen atoms in total. The van der Waals surface area contributed by atoms with Gasteiger partial charge in [0.15, 0.2) is 0 Å². The Morgan fingerprint density at radius 3 is 2.86 bits per heavy atom. The summed E-state index contributed by atoms with van der Waals surface area (Å²) in [7, 11) is 1.59. The molecule has 0 saturated carbocycles. The number of aromatic nitrogens is 1. The molecule has 0 amide bonds. The number of anilines is 2. The van der Waals surface area contributed by atoms with Gasteiger partial charge in [-0.1, -0.05) is 13.8 Å². The standard InChI is InChI=1S/C10H17N3O/c1-7(2)5-12-9-4-10(14-3)13-6-8(9)11/h4,6-7H,5,11H2,1-3H3,(H,12,13). The van der Waals surface area contributed by atoms with E-state index in [4.69, 9.17) is 10.5 Å². The maximum atomic E-state index is 5.75. The molecule has 0 aliphatic rings. The SMILES string of the molecule is COc1cc(NCC(C)C)c(N)cn1. The van der Waals surface area contributed by atoms with Crippen molar-refractivity contribution in [3.05, 3.63) is 12.3 Å². The molecule has 78 valence electrons. The molecule has 0 atom stereocenters. The minimum Gasteiger partial charge on any atom is -0.481 e. The summed E-state index contributed by atoms with van der Waals surface area (Å²) in [5.74, 6) is 1.15. The molecule has 4 heteroatoms. The Morgan fingerprint density at radius 2 is 2.29 bits per heavy atom. The molecule has 0 radical (unpaired) electrons. The molecule has 14 heavy (non-hydrogen) atoms. The highest BCUT2D eigenvalue weighted by molar-refractivity contribution is 5.66. The number of rotatable bonds is 4. The zero-order chi connectivity index (χ0) is 10.6. The Balaban J connectivity index is 2.73. The molecule has 3 N–H and O–H groups in total. The Bertz CT molecular complexity index is 299. The van der Waals surface area contributed by atoms with Crippen LogP contribution in [0.25, 0.3) is 0 Å². The fraction of sp³-hybridized carbons (Fsp3) is 0.500. The van der Waals surface area contributed by atoms with Gasteiger partial charge in [-0.15, -0.1) is 0 Å². The van der Waals surface area contributed by atoms with Gasteiger partial charge in [0.1, 0.15) is 0 Å². The highest BCUT2D eigenvalue weighted by atomic mass is 16.5. The molecular weight excluding hydrogens is 178 g/mol. The quantitative estimate of drug-likeness (QED) is 0.768. The second kappa shape index (κ2) is 4.69. The minimum atomic E-state index is 0.574. The van der Waals surface area contributed by atoms with E-state index < -0.39 is 0 Å². The fourth-order valence-corrected chi connectivity index (χ4v) is 1.03. The normalized spacial score (nSPS) is 10.3. The van der Waals surface area contributed by atoms with Crippen molar-refractivity contribution in [2.45, 2.75) is 13.8 Å². The smallest absolute Gasteiger partial charge is 0.215 e. The van der Waals surface area contributed by atoms with Gasteiger partial charge in [-0.05, 0) is 5.92 Å². The van der Waals surface area contributed by atoms with Crippen molar-refractivity contribution in [3.8, 4) is 5.88 Å². The molecule has 1 aromatic rings.